The summed E-state index contributed by atoms with van der Waals surface area (Å²) >= 11 is 0. The Labute approximate surface area is 147 Å². The Morgan fingerprint density at radius 1 is 1.32 bits per heavy atom. The van der Waals surface area contributed by atoms with Crippen molar-refractivity contribution in [1.29, 1.82) is 0 Å². The smallest absolute Gasteiger partial charge is 0.279 e. The van der Waals surface area contributed by atoms with Crippen LogP contribution in [0.4, 0.5) is 0 Å². The molecule has 0 aliphatic heterocycles. The molecule has 0 spiro atoms. The maximum absolute atomic E-state index is 5.58. The lowest BCUT2D eigenvalue weighted by atomic mass is 9.76. The topological polar surface area (TPSA) is 69.6 Å². The van der Waals surface area contributed by atoms with Gasteiger partial charge < -0.3 is 4.52 Å². The summed E-state index contributed by atoms with van der Waals surface area (Å²) in [5.74, 6) is 1.10. The van der Waals surface area contributed by atoms with E-state index in [1.807, 2.05) is 13.0 Å². The molecule has 0 N–H and O–H groups in total. The van der Waals surface area contributed by atoms with Gasteiger partial charge in [0.2, 0.25) is 5.82 Å². The minimum Gasteiger partial charge on any atom is -0.332 e. The van der Waals surface area contributed by atoms with E-state index >= 15 is 0 Å². The van der Waals surface area contributed by atoms with E-state index in [2.05, 4.69) is 40.6 Å². The van der Waals surface area contributed by atoms with Crippen LogP contribution in [0.5, 0.6) is 0 Å². The first-order valence-electron chi connectivity index (χ1n) is 8.82. The van der Waals surface area contributed by atoms with Crippen molar-refractivity contribution in [2.45, 2.75) is 53.5 Å². The average molecular weight is 337 g/mol. The van der Waals surface area contributed by atoms with Crippen LogP contribution in [0.15, 0.2) is 23.0 Å². The highest BCUT2D eigenvalue weighted by molar-refractivity contribution is 5.62. The van der Waals surface area contributed by atoms with Crippen LogP contribution in [-0.2, 0) is 19.4 Å². The number of hydrogen-bond donors (Lipinski definition) is 0. The van der Waals surface area contributed by atoms with Crippen molar-refractivity contribution in [2.24, 2.45) is 5.41 Å². The Morgan fingerprint density at radius 2 is 2.16 bits per heavy atom. The number of fused-ring (bicyclic) bond motifs is 1. The van der Waals surface area contributed by atoms with E-state index in [0.29, 0.717) is 17.1 Å². The van der Waals surface area contributed by atoms with Gasteiger partial charge >= 0.3 is 0 Å². The molecule has 0 amide bonds. The van der Waals surface area contributed by atoms with Crippen LogP contribution < -0.4 is 0 Å². The maximum atomic E-state index is 5.58. The number of aryl methyl sites for hydroxylation is 2. The molecular formula is C19H23N5O. The zero-order valence-electron chi connectivity index (χ0n) is 15.2. The minimum atomic E-state index is 0.311. The Balaban J connectivity index is 1.77. The molecule has 0 bridgehead atoms. The SMILES string of the molecule is CCn1nc(-c2nc(-c3ccncc3C)no2)c2c1CC(C)(C)CC2. The third-order valence-electron chi connectivity index (χ3n) is 5.05. The predicted octanol–water partition coefficient (Wildman–Crippen LogP) is 3.84. The monoisotopic (exact) mass is 337 g/mol. The summed E-state index contributed by atoms with van der Waals surface area (Å²) in [6, 6.07) is 1.91. The summed E-state index contributed by atoms with van der Waals surface area (Å²) in [5, 5.41) is 8.96. The molecule has 0 fully saturated rings. The fourth-order valence-electron chi connectivity index (χ4n) is 3.59. The number of aromatic nitrogens is 5. The first-order valence-corrected chi connectivity index (χ1v) is 8.82. The Morgan fingerprint density at radius 3 is 2.92 bits per heavy atom. The predicted molar refractivity (Wildman–Crippen MR) is 95.0 cm³/mol. The molecule has 1 aliphatic rings. The largest absolute Gasteiger partial charge is 0.332 e. The van der Waals surface area contributed by atoms with Crippen LogP contribution in [0, 0.1) is 12.3 Å². The molecule has 0 unspecified atom stereocenters. The molecule has 0 saturated carbocycles. The molecule has 6 nitrogen and oxygen atoms in total. The average Bonchev–Trinajstić information content (AvgIpc) is 3.18. The fourth-order valence-corrected chi connectivity index (χ4v) is 3.59. The molecule has 3 aromatic rings. The van der Waals surface area contributed by atoms with Gasteiger partial charge in [-0.25, -0.2) is 0 Å². The van der Waals surface area contributed by atoms with E-state index in [4.69, 9.17) is 9.62 Å². The van der Waals surface area contributed by atoms with Gasteiger partial charge in [-0.05, 0) is 50.2 Å². The normalized spacial score (nSPS) is 16.0. The lowest BCUT2D eigenvalue weighted by molar-refractivity contribution is 0.304. The molecule has 0 radical (unpaired) electrons. The second kappa shape index (κ2) is 5.79. The molecule has 0 saturated heterocycles. The van der Waals surface area contributed by atoms with Crippen molar-refractivity contribution in [2.75, 3.05) is 0 Å². The first-order chi connectivity index (χ1) is 12.0. The molecular weight excluding hydrogens is 314 g/mol. The van der Waals surface area contributed by atoms with Gasteiger partial charge in [-0.3, -0.25) is 9.67 Å². The highest BCUT2D eigenvalue weighted by atomic mass is 16.5. The standard InChI is InChI=1S/C19H23N5O/c1-5-24-15-10-19(3,4)8-6-14(15)16(22-24)18-21-17(23-25-18)13-7-9-20-11-12(13)2/h7,9,11H,5-6,8,10H2,1-4H3. The summed E-state index contributed by atoms with van der Waals surface area (Å²) in [7, 11) is 0. The van der Waals surface area contributed by atoms with Gasteiger partial charge in [-0.1, -0.05) is 19.0 Å². The number of rotatable bonds is 3. The third-order valence-corrected chi connectivity index (χ3v) is 5.05. The van der Waals surface area contributed by atoms with Gasteiger partial charge in [0.1, 0.15) is 0 Å². The molecule has 4 rings (SSSR count). The van der Waals surface area contributed by atoms with E-state index in [1.165, 1.54) is 11.3 Å². The molecule has 3 heterocycles. The third kappa shape index (κ3) is 2.75. The quantitative estimate of drug-likeness (QED) is 0.726. The summed E-state index contributed by atoms with van der Waals surface area (Å²) in [6.07, 6.45) is 6.74. The molecule has 0 aromatic carbocycles. The summed E-state index contributed by atoms with van der Waals surface area (Å²) in [5.41, 5.74) is 5.70. The van der Waals surface area contributed by atoms with E-state index in [0.717, 1.165) is 42.6 Å². The Kier molecular flexibility index (Phi) is 3.71. The van der Waals surface area contributed by atoms with E-state index < -0.39 is 0 Å². The second-order valence-corrected chi connectivity index (χ2v) is 7.54. The highest BCUT2D eigenvalue weighted by Crippen LogP contribution is 2.39. The number of nitrogens with zero attached hydrogens (tertiary/aromatic N) is 5. The highest BCUT2D eigenvalue weighted by Gasteiger charge is 2.32. The van der Waals surface area contributed by atoms with Crippen molar-refractivity contribution in [3.63, 3.8) is 0 Å². The van der Waals surface area contributed by atoms with Crippen LogP contribution in [-0.4, -0.2) is 24.9 Å². The van der Waals surface area contributed by atoms with Crippen LogP contribution in [0.3, 0.4) is 0 Å². The van der Waals surface area contributed by atoms with E-state index in [9.17, 15) is 0 Å². The van der Waals surface area contributed by atoms with Crippen LogP contribution >= 0.6 is 0 Å². The second-order valence-electron chi connectivity index (χ2n) is 7.54. The van der Waals surface area contributed by atoms with Gasteiger partial charge in [0.25, 0.3) is 5.89 Å². The Bertz CT molecular complexity index is 922. The lowest BCUT2D eigenvalue weighted by Crippen LogP contribution is -2.24. The molecule has 130 valence electrons. The van der Waals surface area contributed by atoms with Gasteiger partial charge in [-0.2, -0.15) is 10.1 Å². The zero-order valence-corrected chi connectivity index (χ0v) is 15.2. The summed E-state index contributed by atoms with van der Waals surface area (Å²) in [6.45, 7) is 9.61. The van der Waals surface area contributed by atoms with Crippen molar-refractivity contribution >= 4 is 0 Å². The van der Waals surface area contributed by atoms with Gasteiger partial charge in [0, 0.05) is 35.8 Å². The van der Waals surface area contributed by atoms with E-state index in [-0.39, 0.29) is 0 Å². The molecule has 1 aliphatic carbocycles. The fraction of sp³-hybridized carbons (Fsp3) is 0.474. The number of pyridine rings is 1. The summed E-state index contributed by atoms with van der Waals surface area (Å²) < 4.78 is 7.67. The summed E-state index contributed by atoms with van der Waals surface area (Å²) in [4.78, 5) is 8.74. The first kappa shape index (κ1) is 16.0. The van der Waals surface area contributed by atoms with Crippen molar-refractivity contribution in [1.82, 2.24) is 24.9 Å². The van der Waals surface area contributed by atoms with E-state index in [1.54, 1.807) is 12.4 Å². The van der Waals surface area contributed by atoms with Crippen LogP contribution in [0.2, 0.25) is 0 Å². The molecule has 6 heteroatoms. The molecule has 25 heavy (non-hydrogen) atoms. The minimum absolute atomic E-state index is 0.311. The maximum Gasteiger partial charge on any atom is 0.279 e. The van der Waals surface area contributed by atoms with Crippen molar-refractivity contribution in [3.8, 4) is 23.0 Å². The van der Waals surface area contributed by atoms with Crippen LogP contribution in [0.1, 0.15) is 44.0 Å². The van der Waals surface area contributed by atoms with Crippen LogP contribution in [0.25, 0.3) is 23.0 Å². The van der Waals surface area contributed by atoms with Crippen molar-refractivity contribution < 1.29 is 4.52 Å². The number of hydrogen-bond acceptors (Lipinski definition) is 5. The Hall–Kier alpha value is -2.50. The van der Waals surface area contributed by atoms with Gasteiger partial charge in [0.15, 0.2) is 5.69 Å². The lowest BCUT2D eigenvalue weighted by Gasteiger charge is -2.30. The zero-order chi connectivity index (χ0) is 17.6. The molecule has 3 aromatic heterocycles. The van der Waals surface area contributed by atoms with Gasteiger partial charge in [-0.15, -0.1) is 0 Å². The van der Waals surface area contributed by atoms with Gasteiger partial charge in [0.05, 0.1) is 0 Å². The van der Waals surface area contributed by atoms with Crippen molar-refractivity contribution in [3.05, 3.63) is 35.3 Å². The molecule has 0 atom stereocenters.